The van der Waals surface area contributed by atoms with Crippen LogP contribution in [-0.4, -0.2) is 9.13 Å². The van der Waals surface area contributed by atoms with Gasteiger partial charge < -0.3 is 0 Å². The Morgan fingerprint density at radius 3 is 2.47 bits per heavy atom. The van der Waals surface area contributed by atoms with E-state index in [1.165, 1.54) is 23.9 Å². The van der Waals surface area contributed by atoms with Gasteiger partial charge in [-0.2, -0.15) is 0 Å². The molecule has 0 radical (unpaired) electrons. The van der Waals surface area contributed by atoms with E-state index in [0.29, 0.717) is 0 Å². The summed E-state index contributed by atoms with van der Waals surface area (Å²) in [5.41, 5.74) is 0.129. The standard InChI is InChI=1S/C15H12N2O2/c1-16-14(18)9-10-17(15(16)19)13-8-4-6-11-5-2-3-7-12(11)13/h2-10H,1H3. The zero-order valence-electron chi connectivity index (χ0n) is 10.4. The molecule has 3 aromatic rings. The number of hydrogen-bond donors (Lipinski definition) is 0. The van der Waals surface area contributed by atoms with Gasteiger partial charge in [0.15, 0.2) is 0 Å². The molecule has 0 fully saturated rings. The highest BCUT2D eigenvalue weighted by atomic mass is 16.2. The molecule has 94 valence electrons. The van der Waals surface area contributed by atoms with Gasteiger partial charge in [0.25, 0.3) is 5.56 Å². The molecular formula is C15H12N2O2. The summed E-state index contributed by atoms with van der Waals surface area (Å²) in [5.74, 6) is 0. The Kier molecular flexibility index (Phi) is 2.56. The summed E-state index contributed by atoms with van der Waals surface area (Å²) in [4.78, 5) is 23.6. The van der Waals surface area contributed by atoms with Crippen molar-refractivity contribution < 1.29 is 0 Å². The fourth-order valence-electron chi connectivity index (χ4n) is 2.17. The van der Waals surface area contributed by atoms with E-state index >= 15 is 0 Å². The van der Waals surface area contributed by atoms with Crippen LogP contribution >= 0.6 is 0 Å². The van der Waals surface area contributed by atoms with E-state index < -0.39 is 0 Å². The Morgan fingerprint density at radius 2 is 1.63 bits per heavy atom. The highest BCUT2D eigenvalue weighted by molar-refractivity contribution is 5.90. The monoisotopic (exact) mass is 252 g/mol. The van der Waals surface area contributed by atoms with Crippen LogP contribution in [0.2, 0.25) is 0 Å². The van der Waals surface area contributed by atoms with Crippen molar-refractivity contribution in [3.05, 3.63) is 75.6 Å². The molecule has 0 aliphatic rings. The summed E-state index contributed by atoms with van der Waals surface area (Å²) in [6, 6.07) is 15.0. The topological polar surface area (TPSA) is 44.0 Å². The van der Waals surface area contributed by atoms with E-state index in [-0.39, 0.29) is 11.2 Å². The number of rotatable bonds is 1. The zero-order chi connectivity index (χ0) is 13.4. The third kappa shape index (κ3) is 1.78. The Morgan fingerprint density at radius 1 is 0.895 bits per heavy atom. The Balaban J connectivity index is 2.41. The quantitative estimate of drug-likeness (QED) is 0.661. The van der Waals surface area contributed by atoms with Crippen molar-refractivity contribution in [3.63, 3.8) is 0 Å². The van der Waals surface area contributed by atoms with Crippen LogP contribution in [-0.2, 0) is 7.05 Å². The number of aromatic nitrogens is 2. The van der Waals surface area contributed by atoms with Gasteiger partial charge >= 0.3 is 5.69 Å². The lowest BCUT2D eigenvalue weighted by Crippen LogP contribution is -2.36. The van der Waals surface area contributed by atoms with E-state index in [4.69, 9.17) is 0 Å². The van der Waals surface area contributed by atoms with Crippen LogP contribution in [0.25, 0.3) is 16.5 Å². The largest absolute Gasteiger partial charge is 0.335 e. The van der Waals surface area contributed by atoms with Crippen LogP contribution < -0.4 is 11.2 Å². The molecule has 0 aliphatic heterocycles. The smallest absolute Gasteiger partial charge is 0.269 e. The molecule has 0 saturated heterocycles. The lowest BCUT2D eigenvalue weighted by Gasteiger charge is -2.10. The van der Waals surface area contributed by atoms with Gasteiger partial charge in [0.2, 0.25) is 0 Å². The molecular weight excluding hydrogens is 240 g/mol. The third-order valence-electron chi connectivity index (χ3n) is 3.22. The first-order valence-corrected chi connectivity index (χ1v) is 5.95. The molecule has 0 N–H and O–H groups in total. The molecule has 4 nitrogen and oxygen atoms in total. The van der Waals surface area contributed by atoms with Gasteiger partial charge in [-0.15, -0.1) is 0 Å². The first kappa shape index (κ1) is 11.5. The first-order chi connectivity index (χ1) is 9.18. The second kappa shape index (κ2) is 4.24. The predicted molar refractivity (Wildman–Crippen MR) is 74.8 cm³/mol. The molecule has 0 unspecified atom stereocenters. The second-order valence-corrected chi connectivity index (χ2v) is 4.36. The van der Waals surface area contributed by atoms with Gasteiger partial charge in [0, 0.05) is 24.7 Å². The van der Waals surface area contributed by atoms with Crippen molar-refractivity contribution in [2.24, 2.45) is 7.05 Å². The fourth-order valence-corrected chi connectivity index (χ4v) is 2.17. The van der Waals surface area contributed by atoms with E-state index in [2.05, 4.69) is 0 Å². The average molecular weight is 252 g/mol. The van der Waals surface area contributed by atoms with Crippen molar-refractivity contribution in [2.75, 3.05) is 0 Å². The summed E-state index contributed by atoms with van der Waals surface area (Å²) >= 11 is 0. The zero-order valence-corrected chi connectivity index (χ0v) is 10.4. The number of nitrogens with zero attached hydrogens (tertiary/aromatic N) is 2. The predicted octanol–water partition coefficient (Wildman–Crippen LogP) is 1.69. The summed E-state index contributed by atoms with van der Waals surface area (Å²) in [5, 5.41) is 2.03. The van der Waals surface area contributed by atoms with Crippen LogP contribution in [0, 0.1) is 0 Å². The maximum atomic E-state index is 12.2. The molecule has 4 heteroatoms. The van der Waals surface area contributed by atoms with Gasteiger partial charge in [-0.3, -0.25) is 13.9 Å². The van der Waals surface area contributed by atoms with Crippen molar-refractivity contribution in [2.45, 2.75) is 0 Å². The minimum absolute atomic E-state index is 0.304. The number of benzene rings is 2. The summed E-state index contributed by atoms with van der Waals surface area (Å²) in [6.07, 6.45) is 1.52. The molecule has 0 bridgehead atoms. The summed E-state index contributed by atoms with van der Waals surface area (Å²) in [6.45, 7) is 0. The number of hydrogen-bond acceptors (Lipinski definition) is 2. The Labute approximate surface area is 109 Å². The molecule has 0 saturated carbocycles. The van der Waals surface area contributed by atoms with Gasteiger partial charge in [-0.05, 0) is 11.5 Å². The maximum Gasteiger partial charge on any atom is 0.335 e. The molecule has 1 aromatic heterocycles. The number of fused-ring (bicyclic) bond motifs is 1. The minimum Gasteiger partial charge on any atom is -0.269 e. The van der Waals surface area contributed by atoms with Crippen LogP contribution in [0.15, 0.2) is 64.3 Å². The lowest BCUT2D eigenvalue weighted by atomic mass is 10.1. The molecule has 1 heterocycles. The van der Waals surface area contributed by atoms with Crippen molar-refractivity contribution in [1.29, 1.82) is 0 Å². The van der Waals surface area contributed by atoms with E-state index in [1.54, 1.807) is 0 Å². The van der Waals surface area contributed by atoms with Crippen LogP contribution in [0.4, 0.5) is 0 Å². The van der Waals surface area contributed by atoms with Crippen LogP contribution in [0.5, 0.6) is 0 Å². The van der Waals surface area contributed by atoms with Gasteiger partial charge in [-0.1, -0.05) is 36.4 Å². The highest BCUT2D eigenvalue weighted by Crippen LogP contribution is 2.20. The molecule has 0 atom stereocenters. The molecule has 19 heavy (non-hydrogen) atoms. The van der Waals surface area contributed by atoms with Gasteiger partial charge in [0.1, 0.15) is 0 Å². The summed E-state index contributed by atoms with van der Waals surface area (Å²) < 4.78 is 2.59. The minimum atomic E-state index is -0.344. The van der Waals surface area contributed by atoms with Crippen LogP contribution in [0.3, 0.4) is 0 Å². The van der Waals surface area contributed by atoms with E-state index in [0.717, 1.165) is 21.0 Å². The SMILES string of the molecule is Cn1c(=O)ccn(-c2cccc3ccccc23)c1=O. The average Bonchev–Trinajstić information content (AvgIpc) is 2.45. The third-order valence-corrected chi connectivity index (χ3v) is 3.22. The molecule has 2 aromatic carbocycles. The van der Waals surface area contributed by atoms with Gasteiger partial charge in [-0.25, -0.2) is 4.79 Å². The second-order valence-electron chi connectivity index (χ2n) is 4.36. The normalized spacial score (nSPS) is 10.8. The summed E-state index contributed by atoms with van der Waals surface area (Å²) in [7, 11) is 1.48. The van der Waals surface area contributed by atoms with E-state index in [1.807, 2.05) is 42.5 Å². The van der Waals surface area contributed by atoms with Crippen molar-refractivity contribution in [3.8, 4) is 5.69 Å². The lowest BCUT2D eigenvalue weighted by molar-refractivity contribution is 0.730. The molecule has 3 rings (SSSR count). The first-order valence-electron chi connectivity index (χ1n) is 5.95. The maximum absolute atomic E-state index is 12.2. The van der Waals surface area contributed by atoms with Crippen LogP contribution in [0.1, 0.15) is 0 Å². The highest BCUT2D eigenvalue weighted by Gasteiger charge is 2.06. The Bertz CT molecular complexity index is 870. The molecule has 0 aliphatic carbocycles. The Hall–Kier alpha value is -2.62. The van der Waals surface area contributed by atoms with E-state index in [9.17, 15) is 9.59 Å². The molecule has 0 spiro atoms. The van der Waals surface area contributed by atoms with Crippen molar-refractivity contribution >= 4 is 10.8 Å². The van der Waals surface area contributed by atoms with Gasteiger partial charge in [0.05, 0.1) is 5.69 Å². The van der Waals surface area contributed by atoms with Crippen molar-refractivity contribution in [1.82, 2.24) is 9.13 Å². The fraction of sp³-hybridized carbons (Fsp3) is 0.0667. The molecule has 0 amide bonds.